The van der Waals surface area contributed by atoms with Crippen LogP contribution >= 0.6 is 43.2 Å². The largest absolute Gasteiger partial charge is 0.297 e. The van der Waals surface area contributed by atoms with E-state index < -0.39 is 0 Å². The minimum atomic E-state index is -0.216. The minimum Gasteiger partial charge on any atom is -0.297 e. The molecular weight excluding hydrogens is 419 g/mol. The van der Waals surface area contributed by atoms with Crippen LogP contribution in [0.1, 0.15) is 11.3 Å². The van der Waals surface area contributed by atoms with Gasteiger partial charge in [-0.05, 0) is 17.7 Å². The molecule has 110 valence electrons. The molecule has 2 nitrogen and oxygen atoms in total. The van der Waals surface area contributed by atoms with E-state index in [1.54, 1.807) is 23.5 Å². The van der Waals surface area contributed by atoms with Gasteiger partial charge in [0.25, 0.3) is 0 Å². The fourth-order valence-corrected chi connectivity index (χ4v) is 5.10. The first-order valence-electron chi connectivity index (χ1n) is 6.46. The predicted octanol–water partition coefficient (Wildman–Crippen LogP) is 4.81. The SMILES string of the molecule is Fc1cccc(C(CBr)(CBr)Cc2cn3ccsc3n2)c1. The van der Waals surface area contributed by atoms with Gasteiger partial charge >= 0.3 is 0 Å². The van der Waals surface area contributed by atoms with E-state index in [0.717, 1.165) is 33.3 Å². The van der Waals surface area contributed by atoms with E-state index in [1.807, 2.05) is 28.2 Å². The van der Waals surface area contributed by atoms with Crippen molar-refractivity contribution >= 4 is 48.2 Å². The number of imidazole rings is 1. The number of hydrogen-bond acceptors (Lipinski definition) is 2. The average molecular weight is 432 g/mol. The summed E-state index contributed by atoms with van der Waals surface area (Å²) in [5.74, 6) is -0.204. The number of hydrogen-bond donors (Lipinski definition) is 0. The number of fused-ring (bicyclic) bond motifs is 1. The number of rotatable bonds is 5. The van der Waals surface area contributed by atoms with Crippen molar-refractivity contribution in [3.05, 3.63) is 59.1 Å². The highest BCUT2D eigenvalue weighted by atomic mass is 79.9. The van der Waals surface area contributed by atoms with Crippen LogP contribution in [0.2, 0.25) is 0 Å². The zero-order valence-electron chi connectivity index (χ0n) is 11.1. The molecule has 2 heterocycles. The third-order valence-electron chi connectivity index (χ3n) is 3.61. The number of alkyl halides is 2. The Hall–Kier alpha value is -0.720. The van der Waals surface area contributed by atoms with Gasteiger partial charge in [0.2, 0.25) is 0 Å². The van der Waals surface area contributed by atoms with Gasteiger partial charge in [0.05, 0.1) is 5.69 Å². The minimum absolute atomic E-state index is 0.204. The fraction of sp³-hybridized carbons (Fsp3) is 0.267. The number of aromatic nitrogens is 2. The van der Waals surface area contributed by atoms with Crippen LogP contribution in [0, 0.1) is 5.82 Å². The molecule has 0 aliphatic heterocycles. The van der Waals surface area contributed by atoms with Crippen LogP contribution in [0.3, 0.4) is 0 Å². The predicted molar refractivity (Wildman–Crippen MR) is 92.4 cm³/mol. The summed E-state index contributed by atoms with van der Waals surface area (Å²) in [5, 5.41) is 3.49. The van der Waals surface area contributed by atoms with Crippen molar-refractivity contribution < 1.29 is 4.39 Å². The highest BCUT2D eigenvalue weighted by molar-refractivity contribution is 9.09. The summed E-state index contributed by atoms with van der Waals surface area (Å²) in [7, 11) is 0. The van der Waals surface area contributed by atoms with Crippen LogP contribution < -0.4 is 0 Å². The second-order valence-electron chi connectivity index (χ2n) is 5.06. The van der Waals surface area contributed by atoms with E-state index in [4.69, 9.17) is 0 Å². The summed E-state index contributed by atoms with van der Waals surface area (Å²) in [6, 6.07) is 6.82. The van der Waals surface area contributed by atoms with Crippen LogP contribution in [0.15, 0.2) is 42.0 Å². The topological polar surface area (TPSA) is 17.3 Å². The lowest BCUT2D eigenvalue weighted by Crippen LogP contribution is -2.33. The third-order valence-corrected chi connectivity index (χ3v) is 6.53. The van der Waals surface area contributed by atoms with E-state index in [2.05, 4.69) is 36.8 Å². The fourth-order valence-electron chi connectivity index (χ4n) is 2.41. The lowest BCUT2D eigenvalue weighted by Gasteiger charge is -2.30. The molecule has 0 fully saturated rings. The van der Waals surface area contributed by atoms with Gasteiger partial charge in [0, 0.05) is 40.3 Å². The number of benzene rings is 1. The van der Waals surface area contributed by atoms with Crippen LogP contribution in [0.4, 0.5) is 4.39 Å². The Morgan fingerprint density at radius 2 is 2.10 bits per heavy atom. The van der Waals surface area contributed by atoms with Crippen molar-refractivity contribution in [3.63, 3.8) is 0 Å². The van der Waals surface area contributed by atoms with Crippen LogP contribution in [0.5, 0.6) is 0 Å². The first-order valence-corrected chi connectivity index (χ1v) is 9.58. The molecule has 0 spiro atoms. The Kier molecular flexibility index (Phi) is 4.47. The lowest BCUT2D eigenvalue weighted by molar-refractivity contribution is 0.536. The van der Waals surface area contributed by atoms with Crippen molar-refractivity contribution in [3.8, 4) is 0 Å². The molecule has 0 atom stereocenters. The number of thiazole rings is 1. The van der Waals surface area contributed by atoms with Gasteiger partial charge in [-0.15, -0.1) is 11.3 Å². The van der Waals surface area contributed by atoms with E-state index in [-0.39, 0.29) is 11.2 Å². The van der Waals surface area contributed by atoms with Gasteiger partial charge in [-0.3, -0.25) is 4.40 Å². The van der Waals surface area contributed by atoms with Gasteiger partial charge in [-0.2, -0.15) is 0 Å². The van der Waals surface area contributed by atoms with Crippen LogP contribution in [0.25, 0.3) is 4.96 Å². The standard InChI is InChI=1S/C15H13Br2FN2S/c16-9-15(10-17,11-2-1-3-12(18)6-11)7-13-8-20-4-5-21-14(20)19-13/h1-6,8H,7,9-10H2. The quantitative estimate of drug-likeness (QED) is 0.530. The highest BCUT2D eigenvalue weighted by Crippen LogP contribution is 2.33. The molecule has 0 aliphatic carbocycles. The molecule has 21 heavy (non-hydrogen) atoms. The molecule has 2 aromatic heterocycles. The normalized spacial score (nSPS) is 12.1. The van der Waals surface area contributed by atoms with Gasteiger partial charge in [-0.25, -0.2) is 9.37 Å². The average Bonchev–Trinajstić information content (AvgIpc) is 3.06. The smallest absolute Gasteiger partial charge is 0.193 e. The zero-order valence-corrected chi connectivity index (χ0v) is 15.1. The molecule has 0 amide bonds. The summed E-state index contributed by atoms with van der Waals surface area (Å²) in [4.78, 5) is 5.64. The monoisotopic (exact) mass is 430 g/mol. The molecule has 0 saturated carbocycles. The molecule has 0 bridgehead atoms. The lowest BCUT2D eigenvalue weighted by atomic mass is 9.80. The summed E-state index contributed by atoms with van der Waals surface area (Å²) >= 11 is 8.82. The Morgan fingerprint density at radius 3 is 2.76 bits per heavy atom. The molecule has 0 unspecified atom stereocenters. The first kappa shape index (κ1) is 15.2. The Labute approximate surface area is 143 Å². The summed E-state index contributed by atoms with van der Waals surface area (Å²) in [5.41, 5.74) is 1.78. The molecule has 3 aromatic rings. The van der Waals surface area contributed by atoms with Gasteiger partial charge < -0.3 is 0 Å². The van der Waals surface area contributed by atoms with Crippen molar-refractivity contribution in [2.75, 3.05) is 10.7 Å². The molecule has 3 rings (SSSR count). The Bertz CT molecular complexity index is 720. The van der Waals surface area contributed by atoms with Crippen molar-refractivity contribution in [1.82, 2.24) is 9.38 Å². The second kappa shape index (κ2) is 6.18. The Balaban J connectivity index is 1.98. The second-order valence-corrected chi connectivity index (χ2v) is 7.05. The molecular formula is C15H13Br2FN2S. The Morgan fingerprint density at radius 1 is 1.29 bits per heavy atom. The maximum Gasteiger partial charge on any atom is 0.193 e. The molecule has 0 saturated heterocycles. The van der Waals surface area contributed by atoms with Gasteiger partial charge in [-0.1, -0.05) is 44.0 Å². The molecule has 0 N–H and O–H groups in total. The van der Waals surface area contributed by atoms with Gasteiger partial charge in [0.15, 0.2) is 4.96 Å². The maximum atomic E-state index is 13.6. The van der Waals surface area contributed by atoms with E-state index in [1.165, 1.54) is 6.07 Å². The number of nitrogens with zero attached hydrogens (tertiary/aromatic N) is 2. The summed E-state index contributed by atoms with van der Waals surface area (Å²) in [6.45, 7) is 0. The zero-order chi connectivity index (χ0) is 14.9. The van der Waals surface area contributed by atoms with Crippen molar-refractivity contribution in [1.29, 1.82) is 0 Å². The molecule has 1 aromatic carbocycles. The molecule has 0 radical (unpaired) electrons. The van der Waals surface area contributed by atoms with Crippen molar-refractivity contribution in [2.24, 2.45) is 0 Å². The van der Waals surface area contributed by atoms with E-state index in [0.29, 0.717) is 0 Å². The van der Waals surface area contributed by atoms with E-state index >= 15 is 0 Å². The van der Waals surface area contributed by atoms with Crippen molar-refractivity contribution in [2.45, 2.75) is 11.8 Å². The third kappa shape index (κ3) is 2.94. The van der Waals surface area contributed by atoms with Crippen LogP contribution in [-0.2, 0) is 11.8 Å². The summed E-state index contributed by atoms with van der Waals surface area (Å²) in [6.07, 6.45) is 4.80. The highest BCUT2D eigenvalue weighted by Gasteiger charge is 2.32. The van der Waals surface area contributed by atoms with Crippen LogP contribution in [-0.4, -0.2) is 20.0 Å². The molecule has 6 heteroatoms. The van der Waals surface area contributed by atoms with Gasteiger partial charge in [0.1, 0.15) is 5.82 Å². The molecule has 0 aliphatic rings. The summed E-state index contributed by atoms with van der Waals surface area (Å²) < 4.78 is 15.6. The number of halogens is 3. The van der Waals surface area contributed by atoms with E-state index in [9.17, 15) is 4.39 Å². The maximum absolute atomic E-state index is 13.6. The first-order chi connectivity index (χ1) is 10.2.